The Bertz CT molecular complexity index is 296. The summed E-state index contributed by atoms with van der Waals surface area (Å²) in [7, 11) is 0. The molecule has 2 amide bonds. The lowest BCUT2D eigenvalue weighted by atomic mass is 9.86. The molecule has 5 nitrogen and oxygen atoms in total. The molecule has 1 heterocycles. The van der Waals surface area contributed by atoms with Gasteiger partial charge in [0.2, 0.25) is 11.8 Å². The number of carbonyl (C=O) groups excluding carboxylic acids is 2. The van der Waals surface area contributed by atoms with Crippen molar-refractivity contribution in [3.05, 3.63) is 0 Å². The molecule has 0 saturated carbocycles. The molecule has 0 spiro atoms. The lowest BCUT2D eigenvalue weighted by Crippen LogP contribution is -2.61. The summed E-state index contributed by atoms with van der Waals surface area (Å²) in [6.45, 7) is 8.53. The van der Waals surface area contributed by atoms with Crippen molar-refractivity contribution in [3.8, 4) is 0 Å². The van der Waals surface area contributed by atoms with Gasteiger partial charge in [-0.05, 0) is 12.3 Å². The number of rotatable bonds is 1. The SMILES string of the molecule is CC1C(=O)NCCN1C(=O)C(N)C(C)(C)C. The monoisotopic (exact) mass is 227 g/mol. The van der Waals surface area contributed by atoms with Crippen LogP contribution in [0.25, 0.3) is 0 Å². The Morgan fingerprint density at radius 1 is 1.56 bits per heavy atom. The number of amides is 2. The molecule has 0 bridgehead atoms. The van der Waals surface area contributed by atoms with Gasteiger partial charge in [-0.1, -0.05) is 20.8 Å². The highest BCUT2D eigenvalue weighted by Crippen LogP contribution is 2.20. The Hall–Kier alpha value is -1.10. The maximum Gasteiger partial charge on any atom is 0.242 e. The summed E-state index contributed by atoms with van der Waals surface area (Å²) in [6.07, 6.45) is 0. The molecule has 16 heavy (non-hydrogen) atoms. The number of piperazine rings is 1. The zero-order chi connectivity index (χ0) is 12.5. The standard InChI is InChI=1S/C11H21N3O2/c1-7-9(15)13-5-6-14(7)10(16)8(12)11(2,3)4/h7-8H,5-6,12H2,1-4H3,(H,13,15). The van der Waals surface area contributed by atoms with Crippen molar-refractivity contribution >= 4 is 11.8 Å². The van der Waals surface area contributed by atoms with Crippen molar-refractivity contribution in [1.82, 2.24) is 10.2 Å². The third kappa shape index (κ3) is 2.52. The predicted octanol–water partition coefficient (Wildman–Crippen LogP) is -0.293. The van der Waals surface area contributed by atoms with E-state index >= 15 is 0 Å². The van der Waals surface area contributed by atoms with Gasteiger partial charge in [-0.2, -0.15) is 0 Å². The molecule has 5 heteroatoms. The quantitative estimate of drug-likeness (QED) is 0.646. The Balaban J connectivity index is 2.77. The molecule has 1 rings (SSSR count). The van der Waals surface area contributed by atoms with Gasteiger partial charge in [0.25, 0.3) is 0 Å². The largest absolute Gasteiger partial charge is 0.353 e. The number of hydrogen-bond donors (Lipinski definition) is 2. The second kappa shape index (κ2) is 4.41. The maximum atomic E-state index is 12.1. The van der Waals surface area contributed by atoms with E-state index in [-0.39, 0.29) is 17.2 Å². The molecular weight excluding hydrogens is 206 g/mol. The lowest BCUT2D eigenvalue weighted by molar-refractivity contribution is -0.145. The number of nitrogens with one attached hydrogen (secondary N) is 1. The third-order valence-electron chi connectivity index (χ3n) is 2.98. The zero-order valence-electron chi connectivity index (χ0n) is 10.4. The summed E-state index contributed by atoms with van der Waals surface area (Å²) in [6, 6.07) is -0.990. The average Bonchev–Trinajstić information content (AvgIpc) is 2.18. The molecule has 1 fully saturated rings. The molecule has 1 aliphatic rings. The normalized spacial score (nSPS) is 23.9. The van der Waals surface area contributed by atoms with E-state index in [1.807, 2.05) is 20.8 Å². The minimum absolute atomic E-state index is 0.110. The van der Waals surface area contributed by atoms with Crippen LogP contribution in [0.3, 0.4) is 0 Å². The fourth-order valence-electron chi connectivity index (χ4n) is 1.63. The van der Waals surface area contributed by atoms with Gasteiger partial charge in [0.05, 0.1) is 6.04 Å². The Morgan fingerprint density at radius 3 is 2.62 bits per heavy atom. The van der Waals surface area contributed by atoms with Gasteiger partial charge in [-0.25, -0.2) is 0 Å². The molecule has 0 aromatic rings. The van der Waals surface area contributed by atoms with Gasteiger partial charge >= 0.3 is 0 Å². The topological polar surface area (TPSA) is 75.4 Å². The van der Waals surface area contributed by atoms with Crippen LogP contribution in [0.15, 0.2) is 0 Å². The second-order valence-corrected chi connectivity index (χ2v) is 5.34. The summed E-state index contributed by atoms with van der Waals surface area (Å²) in [4.78, 5) is 25.1. The van der Waals surface area contributed by atoms with E-state index in [9.17, 15) is 9.59 Å². The molecule has 3 N–H and O–H groups in total. The molecule has 1 saturated heterocycles. The zero-order valence-corrected chi connectivity index (χ0v) is 10.4. The van der Waals surface area contributed by atoms with Crippen LogP contribution < -0.4 is 11.1 Å². The van der Waals surface area contributed by atoms with Crippen LogP contribution in [0.1, 0.15) is 27.7 Å². The van der Waals surface area contributed by atoms with Crippen LogP contribution in [-0.2, 0) is 9.59 Å². The van der Waals surface area contributed by atoms with E-state index in [1.165, 1.54) is 0 Å². The summed E-state index contributed by atoms with van der Waals surface area (Å²) in [5, 5.41) is 2.72. The first-order valence-corrected chi connectivity index (χ1v) is 5.59. The fourth-order valence-corrected chi connectivity index (χ4v) is 1.63. The molecule has 92 valence electrons. The van der Waals surface area contributed by atoms with Crippen LogP contribution in [0.2, 0.25) is 0 Å². The number of nitrogens with zero attached hydrogens (tertiary/aromatic N) is 1. The van der Waals surface area contributed by atoms with Crippen LogP contribution in [0, 0.1) is 5.41 Å². The Morgan fingerprint density at radius 2 is 2.12 bits per heavy atom. The van der Waals surface area contributed by atoms with Gasteiger partial charge in [-0.15, -0.1) is 0 Å². The molecule has 0 aromatic carbocycles. The van der Waals surface area contributed by atoms with E-state index in [0.717, 1.165) is 0 Å². The van der Waals surface area contributed by atoms with E-state index in [0.29, 0.717) is 13.1 Å². The van der Waals surface area contributed by atoms with Gasteiger partial charge in [-0.3, -0.25) is 9.59 Å². The van der Waals surface area contributed by atoms with Crippen LogP contribution in [-0.4, -0.2) is 41.9 Å². The van der Waals surface area contributed by atoms with Crippen molar-refractivity contribution in [1.29, 1.82) is 0 Å². The van der Waals surface area contributed by atoms with Gasteiger partial charge in [0.1, 0.15) is 6.04 Å². The lowest BCUT2D eigenvalue weighted by Gasteiger charge is -2.37. The highest BCUT2D eigenvalue weighted by Gasteiger charge is 2.36. The first kappa shape index (κ1) is 13.0. The van der Waals surface area contributed by atoms with Crippen molar-refractivity contribution in [2.24, 2.45) is 11.1 Å². The Kier molecular flexibility index (Phi) is 3.57. The van der Waals surface area contributed by atoms with E-state index < -0.39 is 12.1 Å². The predicted molar refractivity (Wildman–Crippen MR) is 61.6 cm³/mol. The summed E-state index contributed by atoms with van der Waals surface area (Å²) in [5.74, 6) is -0.254. The molecule has 0 radical (unpaired) electrons. The van der Waals surface area contributed by atoms with Crippen molar-refractivity contribution in [2.75, 3.05) is 13.1 Å². The third-order valence-corrected chi connectivity index (χ3v) is 2.98. The van der Waals surface area contributed by atoms with Crippen LogP contribution in [0.5, 0.6) is 0 Å². The molecular formula is C11H21N3O2. The van der Waals surface area contributed by atoms with Crippen LogP contribution >= 0.6 is 0 Å². The van der Waals surface area contributed by atoms with Gasteiger partial charge in [0, 0.05) is 13.1 Å². The average molecular weight is 227 g/mol. The summed E-state index contributed by atoms with van der Waals surface area (Å²) in [5.41, 5.74) is 5.62. The molecule has 2 unspecified atom stereocenters. The molecule has 0 aliphatic carbocycles. The van der Waals surface area contributed by atoms with Crippen molar-refractivity contribution in [2.45, 2.75) is 39.8 Å². The smallest absolute Gasteiger partial charge is 0.242 e. The van der Waals surface area contributed by atoms with E-state index in [4.69, 9.17) is 5.73 Å². The highest BCUT2D eigenvalue weighted by atomic mass is 16.2. The maximum absolute atomic E-state index is 12.1. The summed E-state index contributed by atoms with van der Waals surface area (Å²) < 4.78 is 0. The first-order valence-electron chi connectivity index (χ1n) is 5.59. The number of nitrogens with two attached hydrogens (primary N) is 1. The van der Waals surface area contributed by atoms with Gasteiger partial charge < -0.3 is 16.0 Å². The number of hydrogen-bond acceptors (Lipinski definition) is 3. The van der Waals surface area contributed by atoms with Gasteiger partial charge in [0.15, 0.2) is 0 Å². The summed E-state index contributed by atoms with van der Waals surface area (Å²) >= 11 is 0. The van der Waals surface area contributed by atoms with Crippen molar-refractivity contribution < 1.29 is 9.59 Å². The second-order valence-electron chi connectivity index (χ2n) is 5.34. The van der Waals surface area contributed by atoms with Crippen molar-refractivity contribution in [3.63, 3.8) is 0 Å². The first-order chi connectivity index (χ1) is 7.25. The highest BCUT2D eigenvalue weighted by molar-refractivity contribution is 5.90. The minimum atomic E-state index is -0.569. The fraction of sp³-hybridized carbons (Fsp3) is 0.818. The molecule has 0 aromatic heterocycles. The Labute approximate surface area is 96.4 Å². The van der Waals surface area contributed by atoms with Crippen LogP contribution in [0.4, 0.5) is 0 Å². The number of carbonyl (C=O) groups is 2. The van der Waals surface area contributed by atoms with E-state index in [2.05, 4.69) is 5.32 Å². The van der Waals surface area contributed by atoms with E-state index in [1.54, 1.807) is 11.8 Å². The minimum Gasteiger partial charge on any atom is -0.353 e. The molecule has 2 atom stereocenters. The molecule has 1 aliphatic heterocycles.